The summed E-state index contributed by atoms with van der Waals surface area (Å²) in [5, 5.41) is 6.59. The van der Waals surface area contributed by atoms with Crippen LogP contribution in [0.5, 0.6) is 0 Å². The van der Waals surface area contributed by atoms with Crippen LogP contribution >= 0.6 is 11.3 Å². The van der Waals surface area contributed by atoms with Gasteiger partial charge in [-0.1, -0.05) is 109 Å². The Morgan fingerprint density at radius 2 is 1.30 bits per heavy atom. The fourth-order valence-electron chi connectivity index (χ4n) is 8.43. The predicted molar refractivity (Wildman–Crippen MR) is 203 cm³/mol. The Morgan fingerprint density at radius 3 is 2.15 bits per heavy atom. The van der Waals surface area contributed by atoms with Crippen LogP contribution in [0.15, 0.2) is 146 Å². The second-order valence-electron chi connectivity index (χ2n) is 13.0. The van der Waals surface area contributed by atoms with Crippen molar-refractivity contribution in [3.63, 3.8) is 0 Å². The molecule has 7 aromatic carbocycles. The quantitative estimate of drug-likeness (QED) is 0.176. The molecule has 0 atom stereocenters. The van der Waals surface area contributed by atoms with Crippen LogP contribution in [0.25, 0.3) is 69.9 Å². The third-order valence-electron chi connectivity index (χ3n) is 10.4. The summed E-state index contributed by atoms with van der Waals surface area (Å²) in [5.74, 6) is 0. The maximum absolute atomic E-state index is 2.62. The van der Waals surface area contributed by atoms with E-state index in [9.17, 15) is 0 Å². The minimum atomic E-state index is 0.0308. The molecule has 0 fully saturated rings. The first-order valence-electron chi connectivity index (χ1n) is 16.3. The van der Waals surface area contributed by atoms with Gasteiger partial charge in [0.1, 0.15) is 4.83 Å². The van der Waals surface area contributed by atoms with Gasteiger partial charge in [0.25, 0.3) is 0 Å². The van der Waals surface area contributed by atoms with Crippen LogP contribution < -0.4 is 15.7 Å². The molecule has 0 bridgehead atoms. The Balaban J connectivity index is 1.27. The Hall–Kier alpha value is -5.58. The highest BCUT2D eigenvalue weighted by Gasteiger charge is 2.44. The maximum Gasteiger partial charge on any atom is 0.333 e. The number of benzene rings is 7. The number of anilines is 2. The maximum atomic E-state index is 2.62. The molecule has 4 heteroatoms. The first-order valence-corrected chi connectivity index (χ1v) is 17.1. The summed E-state index contributed by atoms with van der Waals surface area (Å²) in [6, 6.07) is 54.2. The van der Waals surface area contributed by atoms with Gasteiger partial charge in [-0.2, -0.15) is 0 Å². The molecule has 0 saturated carbocycles. The molecular weight excluding hydrogens is 587 g/mol. The molecule has 2 aliphatic rings. The number of nitrogens with zero attached hydrogens (tertiary/aromatic N) is 2. The summed E-state index contributed by atoms with van der Waals surface area (Å²) in [5.41, 5.74) is 14.2. The molecule has 2 aromatic heterocycles. The highest BCUT2D eigenvalue weighted by molar-refractivity contribution is 7.25. The number of hydrogen-bond acceptors (Lipinski definition) is 2. The fraction of sp³-hybridized carbons (Fsp3) is 0.0233. The monoisotopic (exact) mass is 614 g/mol. The molecule has 218 valence electrons. The molecule has 47 heavy (non-hydrogen) atoms. The van der Waals surface area contributed by atoms with Crippen LogP contribution in [0.2, 0.25) is 0 Å². The third-order valence-corrected chi connectivity index (χ3v) is 11.5. The van der Waals surface area contributed by atoms with E-state index in [2.05, 4.69) is 162 Å². The van der Waals surface area contributed by atoms with E-state index in [-0.39, 0.29) is 6.85 Å². The van der Waals surface area contributed by atoms with Gasteiger partial charge in [0.05, 0.1) is 5.52 Å². The lowest BCUT2D eigenvalue weighted by Crippen LogP contribution is -2.60. The lowest BCUT2D eigenvalue weighted by atomic mass is 9.44. The first-order chi connectivity index (χ1) is 23.2. The van der Waals surface area contributed by atoms with E-state index < -0.39 is 0 Å². The third kappa shape index (κ3) is 3.40. The molecule has 0 saturated heterocycles. The van der Waals surface area contributed by atoms with Crippen LogP contribution in [-0.4, -0.2) is 11.4 Å². The average molecular weight is 615 g/mol. The largest absolute Gasteiger partial charge is 0.376 e. The van der Waals surface area contributed by atoms with Gasteiger partial charge in [-0.25, -0.2) is 0 Å². The summed E-state index contributed by atoms with van der Waals surface area (Å²) in [6.07, 6.45) is 0. The fourth-order valence-corrected chi connectivity index (χ4v) is 9.67. The topological polar surface area (TPSA) is 8.17 Å². The van der Waals surface area contributed by atoms with E-state index >= 15 is 0 Å². The van der Waals surface area contributed by atoms with Crippen molar-refractivity contribution in [2.75, 3.05) is 4.81 Å². The van der Waals surface area contributed by atoms with Crippen molar-refractivity contribution in [3.05, 3.63) is 151 Å². The molecule has 2 nitrogen and oxygen atoms in total. The van der Waals surface area contributed by atoms with Gasteiger partial charge in [-0.3, -0.25) is 0 Å². The summed E-state index contributed by atoms with van der Waals surface area (Å²) < 4.78 is 3.93. The summed E-state index contributed by atoms with van der Waals surface area (Å²) >= 11 is 1.92. The molecule has 0 amide bonds. The van der Waals surface area contributed by atoms with Crippen LogP contribution in [0.4, 0.5) is 11.4 Å². The number of aromatic nitrogens is 1. The molecule has 11 rings (SSSR count). The lowest BCUT2D eigenvalue weighted by Gasteiger charge is -2.42. The highest BCUT2D eigenvalue weighted by Crippen LogP contribution is 2.48. The van der Waals surface area contributed by atoms with Crippen LogP contribution in [0.3, 0.4) is 0 Å². The predicted octanol–water partition coefficient (Wildman–Crippen LogP) is 10.4. The molecule has 4 heterocycles. The summed E-state index contributed by atoms with van der Waals surface area (Å²) in [7, 11) is 0. The zero-order valence-electron chi connectivity index (χ0n) is 25.7. The molecule has 0 aliphatic carbocycles. The van der Waals surface area contributed by atoms with Gasteiger partial charge in [0.2, 0.25) is 0 Å². The Bertz CT molecular complexity index is 2760. The van der Waals surface area contributed by atoms with Crippen LogP contribution in [-0.2, 0) is 0 Å². The number of fused-ring (bicyclic) bond motifs is 10. The Morgan fingerprint density at radius 1 is 0.574 bits per heavy atom. The van der Waals surface area contributed by atoms with Gasteiger partial charge in [-0.05, 0) is 87.3 Å². The normalized spacial score (nSPS) is 13.1. The van der Waals surface area contributed by atoms with E-state index in [0.29, 0.717) is 0 Å². The average Bonchev–Trinajstić information content (AvgIpc) is 3.65. The van der Waals surface area contributed by atoms with Crippen LogP contribution in [0, 0.1) is 6.92 Å². The van der Waals surface area contributed by atoms with E-state index in [1.165, 1.54) is 97.8 Å². The Kier molecular flexibility index (Phi) is 5.04. The molecule has 0 radical (unpaired) electrons. The molecule has 9 aromatic rings. The van der Waals surface area contributed by atoms with Crippen molar-refractivity contribution >= 4 is 82.5 Å². The number of hydrogen-bond donors (Lipinski definition) is 0. The summed E-state index contributed by atoms with van der Waals surface area (Å²) in [4.78, 5) is 3.96. The van der Waals surface area contributed by atoms with Crippen molar-refractivity contribution < 1.29 is 0 Å². The molecule has 0 unspecified atom stereocenters. The molecule has 2 aliphatic heterocycles. The highest BCUT2D eigenvalue weighted by atomic mass is 32.1. The van der Waals surface area contributed by atoms with Crippen molar-refractivity contribution in [2.45, 2.75) is 6.92 Å². The number of para-hydroxylation sites is 1. The second-order valence-corrected chi connectivity index (χ2v) is 14.0. The van der Waals surface area contributed by atoms with Crippen LogP contribution in [0.1, 0.15) is 5.56 Å². The van der Waals surface area contributed by atoms with E-state index in [1.807, 2.05) is 11.3 Å². The summed E-state index contributed by atoms with van der Waals surface area (Å²) in [6.45, 7) is 2.29. The van der Waals surface area contributed by atoms with Gasteiger partial charge < -0.3 is 9.38 Å². The zero-order chi connectivity index (χ0) is 30.8. The standard InChI is InChI=1S/C43H27BN2S/c1-26-22-35-34-24-29-12-5-6-13-30(29)25-37(34)46(31-20-18-28(19-21-31)27-10-3-2-4-11-27)44-36-16-9-15-33-40-32-14-7-8-17-39(32)47-43(40)45(42(33)36)38(23-26)41(35)44/h2-25H,1H3. The van der Waals surface area contributed by atoms with Gasteiger partial charge in [0, 0.05) is 43.5 Å². The SMILES string of the molecule is Cc1cc2c3c(c1)-n1c4sc5ccccc5c4c4cccc(c41)B3N(c1ccc(-c3ccccc3)cc1)c1cc3ccccc3cc1-2. The Labute approximate surface area is 276 Å². The van der Waals surface area contributed by atoms with E-state index in [1.54, 1.807) is 0 Å². The second kappa shape index (κ2) is 9.25. The molecule has 0 N–H and O–H groups in total. The van der Waals surface area contributed by atoms with Gasteiger partial charge >= 0.3 is 6.85 Å². The van der Waals surface area contributed by atoms with Gasteiger partial charge in [-0.15, -0.1) is 11.3 Å². The smallest absolute Gasteiger partial charge is 0.333 e. The van der Waals surface area contributed by atoms with E-state index in [4.69, 9.17) is 0 Å². The van der Waals surface area contributed by atoms with E-state index in [0.717, 1.165) is 0 Å². The first kappa shape index (κ1) is 25.6. The minimum absolute atomic E-state index is 0.0308. The number of thiophene rings is 1. The number of aryl methyl sites for hydroxylation is 1. The lowest BCUT2D eigenvalue weighted by molar-refractivity contribution is 1.18. The van der Waals surface area contributed by atoms with Gasteiger partial charge in [0.15, 0.2) is 0 Å². The molecule has 0 spiro atoms. The van der Waals surface area contributed by atoms with Crippen molar-refractivity contribution in [3.8, 4) is 27.9 Å². The molecular formula is C43H27BN2S. The van der Waals surface area contributed by atoms with Crippen molar-refractivity contribution in [1.29, 1.82) is 0 Å². The van der Waals surface area contributed by atoms with Crippen molar-refractivity contribution in [2.24, 2.45) is 0 Å². The van der Waals surface area contributed by atoms with Crippen molar-refractivity contribution in [1.82, 2.24) is 4.57 Å². The zero-order valence-corrected chi connectivity index (χ0v) is 26.6. The minimum Gasteiger partial charge on any atom is -0.376 e. The number of rotatable bonds is 2.